The van der Waals surface area contributed by atoms with E-state index in [-0.39, 0.29) is 6.04 Å². The van der Waals surface area contributed by atoms with E-state index in [0.717, 1.165) is 33.5 Å². The number of nitrogens with one attached hydrogen (secondary N) is 2. The summed E-state index contributed by atoms with van der Waals surface area (Å²) in [6.07, 6.45) is 1.77. The summed E-state index contributed by atoms with van der Waals surface area (Å²) in [6.45, 7) is 2.08. The summed E-state index contributed by atoms with van der Waals surface area (Å²) < 4.78 is 0. The second-order valence-corrected chi connectivity index (χ2v) is 7.01. The van der Waals surface area contributed by atoms with Gasteiger partial charge in [-0.05, 0) is 42.8 Å². The Morgan fingerprint density at radius 1 is 1.00 bits per heavy atom. The monoisotopic (exact) mass is 381 g/mol. The highest BCUT2D eigenvalue weighted by atomic mass is 35.5. The minimum absolute atomic E-state index is 0.161. The zero-order chi connectivity index (χ0) is 18.1. The number of halogens is 2. The van der Waals surface area contributed by atoms with Crippen molar-refractivity contribution in [1.82, 2.24) is 9.97 Å². The molecule has 0 fully saturated rings. The molecule has 0 unspecified atom stereocenters. The molecule has 0 amide bonds. The first-order valence-electron chi connectivity index (χ1n) is 8.33. The highest BCUT2D eigenvalue weighted by molar-refractivity contribution is 6.35. The fraction of sp³-hybridized carbons (Fsp3) is 0.0952. The summed E-state index contributed by atoms with van der Waals surface area (Å²) >= 11 is 12.7. The number of anilines is 1. The summed E-state index contributed by atoms with van der Waals surface area (Å²) in [5.41, 5.74) is 4.29. The number of hydrogen-bond acceptors (Lipinski definition) is 2. The molecule has 2 heterocycles. The molecule has 26 heavy (non-hydrogen) atoms. The largest absolute Gasteiger partial charge is 0.359 e. The van der Waals surface area contributed by atoms with Gasteiger partial charge < -0.3 is 10.3 Å². The number of para-hydroxylation sites is 1. The molecule has 2 N–H and O–H groups in total. The number of hydrogen-bond donors (Lipinski definition) is 2. The van der Waals surface area contributed by atoms with Crippen LogP contribution in [0.2, 0.25) is 10.0 Å². The first-order chi connectivity index (χ1) is 12.6. The molecule has 2 aromatic heterocycles. The van der Waals surface area contributed by atoms with Gasteiger partial charge in [0.15, 0.2) is 0 Å². The number of pyridine rings is 1. The standard InChI is InChI=1S/C21H17Cl2N3/c1-13-20(16-6-2-3-7-18(16)25-13)21(26-19-8-4-5-11-24-19)15-10-9-14(22)12-17(15)23/h2-12,21,25H,1H3,(H,24,26)/t21-/m1/s1. The van der Waals surface area contributed by atoms with Crippen LogP contribution in [0.25, 0.3) is 10.9 Å². The Morgan fingerprint density at radius 2 is 1.81 bits per heavy atom. The van der Waals surface area contributed by atoms with Gasteiger partial charge in [0.05, 0.1) is 6.04 Å². The lowest BCUT2D eigenvalue weighted by molar-refractivity contribution is 0.922. The van der Waals surface area contributed by atoms with Gasteiger partial charge in [-0.2, -0.15) is 0 Å². The average Bonchev–Trinajstić information content (AvgIpc) is 2.97. The van der Waals surface area contributed by atoms with Crippen LogP contribution in [0.15, 0.2) is 66.9 Å². The van der Waals surface area contributed by atoms with E-state index in [4.69, 9.17) is 23.2 Å². The van der Waals surface area contributed by atoms with Gasteiger partial charge in [0, 0.05) is 38.4 Å². The van der Waals surface area contributed by atoms with E-state index in [1.54, 1.807) is 12.3 Å². The van der Waals surface area contributed by atoms with Crippen LogP contribution in [0.5, 0.6) is 0 Å². The Bertz CT molecular complexity index is 1060. The molecule has 5 heteroatoms. The Labute approximate surface area is 162 Å². The van der Waals surface area contributed by atoms with Crippen molar-refractivity contribution in [3.8, 4) is 0 Å². The topological polar surface area (TPSA) is 40.7 Å². The molecule has 0 saturated heterocycles. The molecule has 0 aliphatic rings. The van der Waals surface area contributed by atoms with Gasteiger partial charge in [0.25, 0.3) is 0 Å². The van der Waals surface area contributed by atoms with Crippen LogP contribution in [0.4, 0.5) is 5.82 Å². The van der Waals surface area contributed by atoms with Crippen LogP contribution in [0.3, 0.4) is 0 Å². The van der Waals surface area contributed by atoms with Crippen LogP contribution in [0.1, 0.15) is 22.9 Å². The van der Waals surface area contributed by atoms with E-state index in [2.05, 4.69) is 34.3 Å². The van der Waals surface area contributed by atoms with E-state index >= 15 is 0 Å². The molecular formula is C21H17Cl2N3. The number of aryl methyl sites for hydroxylation is 1. The number of H-pyrrole nitrogens is 1. The minimum atomic E-state index is -0.161. The average molecular weight is 382 g/mol. The number of aromatic nitrogens is 2. The van der Waals surface area contributed by atoms with E-state index in [1.807, 2.05) is 42.5 Å². The van der Waals surface area contributed by atoms with E-state index < -0.39 is 0 Å². The van der Waals surface area contributed by atoms with E-state index in [9.17, 15) is 0 Å². The number of nitrogens with zero attached hydrogens (tertiary/aromatic N) is 1. The molecular weight excluding hydrogens is 365 g/mol. The molecule has 0 saturated carbocycles. The van der Waals surface area contributed by atoms with Crippen LogP contribution in [-0.4, -0.2) is 9.97 Å². The van der Waals surface area contributed by atoms with Crippen molar-refractivity contribution in [2.24, 2.45) is 0 Å². The molecule has 0 bridgehead atoms. The summed E-state index contributed by atoms with van der Waals surface area (Å²) in [5.74, 6) is 0.785. The third-order valence-electron chi connectivity index (χ3n) is 4.46. The predicted octanol–water partition coefficient (Wildman–Crippen LogP) is 6.38. The smallest absolute Gasteiger partial charge is 0.126 e. The molecule has 2 aromatic carbocycles. The maximum Gasteiger partial charge on any atom is 0.126 e. The Hall–Kier alpha value is -2.49. The van der Waals surface area contributed by atoms with Gasteiger partial charge in [-0.25, -0.2) is 4.98 Å². The molecule has 130 valence electrons. The van der Waals surface area contributed by atoms with Crippen molar-refractivity contribution in [2.75, 3.05) is 5.32 Å². The SMILES string of the molecule is Cc1[nH]c2ccccc2c1[C@H](Nc1ccccn1)c1ccc(Cl)cc1Cl. The van der Waals surface area contributed by atoms with Crippen LogP contribution in [-0.2, 0) is 0 Å². The van der Waals surface area contributed by atoms with Crippen LogP contribution < -0.4 is 5.32 Å². The molecule has 0 spiro atoms. The van der Waals surface area contributed by atoms with Crippen molar-refractivity contribution < 1.29 is 0 Å². The zero-order valence-corrected chi connectivity index (χ0v) is 15.6. The van der Waals surface area contributed by atoms with Crippen molar-refractivity contribution in [1.29, 1.82) is 0 Å². The number of benzene rings is 2. The fourth-order valence-corrected chi connectivity index (χ4v) is 3.82. The van der Waals surface area contributed by atoms with Crippen molar-refractivity contribution in [3.63, 3.8) is 0 Å². The molecule has 4 aromatic rings. The maximum atomic E-state index is 6.56. The second kappa shape index (κ2) is 7.02. The summed E-state index contributed by atoms with van der Waals surface area (Å²) in [7, 11) is 0. The molecule has 3 nitrogen and oxygen atoms in total. The lowest BCUT2D eigenvalue weighted by atomic mass is 9.96. The highest BCUT2D eigenvalue weighted by Crippen LogP contribution is 2.37. The van der Waals surface area contributed by atoms with Crippen molar-refractivity contribution in [2.45, 2.75) is 13.0 Å². The number of fused-ring (bicyclic) bond motifs is 1. The zero-order valence-electron chi connectivity index (χ0n) is 14.1. The molecule has 0 aliphatic carbocycles. The lowest BCUT2D eigenvalue weighted by Gasteiger charge is -2.22. The molecule has 1 atom stereocenters. The molecule has 0 radical (unpaired) electrons. The first kappa shape index (κ1) is 17.0. The summed E-state index contributed by atoms with van der Waals surface area (Å²) in [4.78, 5) is 7.88. The maximum absolute atomic E-state index is 6.56. The Balaban J connectivity index is 1.91. The van der Waals surface area contributed by atoms with Gasteiger partial charge in [-0.15, -0.1) is 0 Å². The second-order valence-electron chi connectivity index (χ2n) is 6.17. The quantitative estimate of drug-likeness (QED) is 0.430. The van der Waals surface area contributed by atoms with E-state index in [0.29, 0.717) is 10.0 Å². The Morgan fingerprint density at radius 3 is 2.58 bits per heavy atom. The highest BCUT2D eigenvalue weighted by Gasteiger charge is 2.23. The Kier molecular flexibility index (Phi) is 4.58. The van der Waals surface area contributed by atoms with Gasteiger partial charge >= 0.3 is 0 Å². The van der Waals surface area contributed by atoms with E-state index in [1.165, 1.54) is 0 Å². The lowest BCUT2D eigenvalue weighted by Crippen LogP contribution is -2.14. The predicted molar refractivity (Wildman–Crippen MR) is 109 cm³/mol. The normalized spacial score (nSPS) is 12.3. The van der Waals surface area contributed by atoms with Gasteiger partial charge in [-0.1, -0.05) is 53.5 Å². The number of aromatic amines is 1. The fourth-order valence-electron chi connectivity index (χ4n) is 3.31. The third-order valence-corrected chi connectivity index (χ3v) is 5.03. The third kappa shape index (κ3) is 3.16. The number of rotatable bonds is 4. The van der Waals surface area contributed by atoms with Crippen LogP contribution in [0, 0.1) is 6.92 Å². The minimum Gasteiger partial charge on any atom is -0.359 e. The van der Waals surface area contributed by atoms with Gasteiger partial charge in [0.1, 0.15) is 5.82 Å². The molecule has 4 rings (SSSR count). The van der Waals surface area contributed by atoms with Gasteiger partial charge in [0.2, 0.25) is 0 Å². The molecule has 0 aliphatic heterocycles. The summed E-state index contributed by atoms with van der Waals surface area (Å²) in [6, 6.07) is 19.5. The van der Waals surface area contributed by atoms with Crippen molar-refractivity contribution >= 4 is 39.9 Å². The first-order valence-corrected chi connectivity index (χ1v) is 9.09. The van der Waals surface area contributed by atoms with Crippen LogP contribution >= 0.6 is 23.2 Å². The summed E-state index contributed by atoms with van der Waals surface area (Å²) in [5, 5.41) is 5.93. The van der Waals surface area contributed by atoms with Crippen molar-refractivity contribution in [3.05, 3.63) is 93.7 Å². The van der Waals surface area contributed by atoms with Gasteiger partial charge in [-0.3, -0.25) is 0 Å².